The first-order chi connectivity index (χ1) is 9.79. The Morgan fingerprint density at radius 3 is 2.05 bits per heavy atom. The molecule has 3 rings (SSSR count). The van der Waals surface area contributed by atoms with Gasteiger partial charge in [-0.3, -0.25) is 0 Å². The standard InChI is InChI=1S/C16H12F4O/c17-14-6-5-12(7-13(14)16(18,19)20)15(21)8-10-3-1-2-4-11(10)9-15/h1-7,21H,8-9H2. The summed E-state index contributed by atoms with van der Waals surface area (Å²) in [5.41, 5.74) is -0.871. The molecule has 0 atom stereocenters. The number of benzene rings is 2. The van der Waals surface area contributed by atoms with Crippen molar-refractivity contribution in [3.63, 3.8) is 0 Å². The maximum Gasteiger partial charge on any atom is 0.419 e. The average molecular weight is 296 g/mol. The molecule has 0 saturated heterocycles. The molecule has 1 nitrogen and oxygen atoms in total. The van der Waals surface area contributed by atoms with Crippen LogP contribution in [0.25, 0.3) is 0 Å². The molecule has 2 aromatic rings. The van der Waals surface area contributed by atoms with Gasteiger partial charge < -0.3 is 5.11 Å². The van der Waals surface area contributed by atoms with Gasteiger partial charge in [-0.1, -0.05) is 30.3 Å². The fraction of sp³-hybridized carbons (Fsp3) is 0.250. The molecule has 0 radical (unpaired) electrons. The van der Waals surface area contributed by atoms with Crippen LogP contribution >= 0.6 is 0 Å². The summed E-state index contributed by atoms with van der Waals surface area (Å²) in [6.07, 6.45) is -4.32. The molecule has 1 aliphatic carbocycles. The van der Waals surface area contributed by atoms with Crippen molar-refractivity contribution in [1.29, 1.82) is 0 Å². The van der Waals surface area contributed by atoms with E-state index in [9.17, 15) is 22.7 Å². The Morgan fingerprint density at radius 1 is 0.952 bits per heavy atom. The van der Waals surface area contributed by atoms with Gasteiger partial charge in [-0.15, -0.1) is 0 Å². The third-order valence-corrected chi connectivity index (χ3v) is 3.89. The molecule has 21 heavy (non-hydrogen) atoms. The van der Waals surface area contributed by atoms with Gasteiger partial charge in [0.1, 0.15) is 5.82 Å². The number of halogens is 4. The van der Waals surface area contributed by atoms with Crippen LogP contribution in [0.3, 0.4) is 0 Å². The van der Waals surface area contributed by atoms with Crippen LogP contribution in [-0.4, -0.2) is 5.11 Å². The van der Waals surface area contributed by atoms with E-state index in [0.717, 1.165) is 17.2 Å². The first-order valence-corrected chi connectivity index (χ1v) is 6.46. The van der Waals surface area contributed by atoms with E-state index in [-0.39, 0.29) is 18.4 Å². The number of alkyl halides is 3. The van der Waals surface area contributed by atoms with Crippen molar-refractivity contribution >= 4 is 0 Å². The smallest absolute Gasteiger partial charge is 0.384 e. The van der Waals surface area contributed by atoms with Gasteiger partial charge in [0.2, 0.25) is 0 Å². The number of hydrogen-bond donors (Lipinski definition) is 1. The highest BCUT2D eigenvalue weighted by molar-refractivity contribution is 5.41. The van der Waals surface area contributed by atoms with Crippen molar-refractivity contribution in [1.82, 2.24) is 0 Å². The van der Waals surface area contributed by atoms with E-state index in [1.54, 1.807) is 0 Å². The first kappa shape index (κ1) is 14.1. The number of hydrogen-bond acceptors (Lipinski definition) is 1. The Balaban J connectivity index is 2.03. The zero-order chi connectivity index (χ0) is 15.3. The number of fused-ring (bicyclic) bond motifs is 1. The van der Waals surface area contributed by atoms with Gasteiger partial charge in [0.25, 0.3) is 0 Å². The number of aliphatic hydroxyl groups is 1. The molecule has 0 amide bonds. The molecular weight excluding hydrogens is 284 g/mol. The summed E-state index contributed by atoms with van der Waals surface area (Å²) < 4.78 is 51.7. The first-order valence-electron chi connectivity index (χ1n) is 6.46. The molecule has 0 bridgehead atoms. The zero-order valence-electron chi connectivity index (χ0n) is 10.9. The zero-order valence-corrected chi connectivity index (χ0v) is 10.9. The van der Waals surface area contributed by atoms with Crippen LogP contribution in [-0.2, 0) is 24.6 Å². The van der Waals surface area contributed by atoms with E-state index in [0.29, 0.717) is 6.07 Å². The van der Waals surface area contributed by atoms with E-state index in [4.69, 9.17) is 0 Å². The van der Waals surface area contributed by atoms with Gasteiger partial charge in [-0.2, -0.15) is 13.2 Å². The summed E-state index contributed by atoms with van der Waals surface area (Å²) in [5, 5.41) is 10.7. The molecule has 0 fully saturated rings. The Hall–Kier alpha value is -1.88. The minimum absolute atomic E-state index is 0.0902. The summed E-state index contributed by atoms with van der Waals surface area (Å²) in [4.78, 5) is 0. The molecule has 1 aliphatic rings. The van der Waals surface area contributed by atoms with Gasteiger partial charge in [-0.25, -0.2) is 4.39 Å². The molecule has 5 heteroatoms. The molecule has 0 unspecified atom stereocenters. The molecule has 0 aliphatic heterocycles. The maximum absolute atomic E-state index is 13.3. The summed E-state index contributed by atoms with van der Waals surface area (Å²) >= 11 is 0. The Labute approximate surface area is 118 Å². The van der Waals surface area contributed by atoms with Crippen LogP contribution < -0.4 is 0 Å². The predicted molar refractivity (Wildman–Crippen MR) is 69.1 cm³/mol. The van der Waals surface area contributed by atoms with Gasteiger partial charge in [-0.05, 0) is 28.8 Å². The summed E-state index contributed by atoms with van der Waals surface area (Å²) in [6, 6.07) is 9.99. The fourth-order valence-corrected chi connectivity index (χ4v) is 2.83. The van der Waals surface area contributed by atoms with E-state index >= 15 is 0 Å². The van der Waals surface area contributed by atoms with E-state index in [1.807, 2.05) is 24.3 Å². The quantitative estimate of drug-likeness (QED) is 0.793. The van der Waals surface area contributed by atoms with Gasteiger partial charge in [0.15, 0.2) is 0 Å². The summed E-state index contributed by atoms with van der Waals surface area (Å²) in [6.45, 7) is 0. The lowest BCUT2D eigenvalue weighted by Crippen LogP contribution is -2.27. The average Bonchev–Trinajstić information content (AvgIpc) is 2.75. The van der Waals surface area contributed by atoms with Gasteiger partial charge in [0.05, 0.1) is 11.2 Å². The largest absolute Gasteiger partial charge is 0.419 e. The third-order valence-electron chi connectivity index (χ3n) is 3.89. The lowest BCUT2D eigenvalue weighted by Gasteiger charge is -2.24. The molecule has 0 heterocycles. The molecule has 0 aromatic heterocycles. The van der Waals surface area contributed by atoms with Crippen LogP contribution in [0.2, 0.25) is 0 Å². The van der Waals surface area contributed by atoms with Crippen molar-refractivity contribution in [2.75, 3.05) is 0 Å². The second-order valence-electron chi connectivity index (χ2n) is 5.35. The molecule has 1 N–H and O–H groups in total. The Morgan fingerprint density at radius 2 is 1.52 bits per heavy atom. The predicted octanol–water partition coefficient (Wildman–Crippen LogP) is 3.83. The van der Waals surface area contributed by atoms with Crippen molar-refractivity contribution in [2.24, 2.45) is 0 Å². The third kappa shape index (κ3) is 2.42. The lowest BCUT2D eigenvalue weighted by molar-refractivity contribution is -0.140. The van der Waals surface area contributed by atoms with Crippen LogP contribution in [0.4, 0.5) is 17.6 Å². The highest BCUT2D eigenvalue weighted by Gasteiger charge is 2.40. The topological polar surface area (TPSA) is 20.2 Å². The van der Waals surface area contributed by atoms with Gasteiger partial charge in [0, 0.05) is 12.8 Å². The van der Waals surface area contributed by atoms with Gasteiger partial charge >= 0.3 is 6.18 Å². The minimum atomic E-state index is -4.78. The molecular formula is C16H12F4O. The molecule has 0 saturated carbocycles. The second kappa shape index (κ2) is 4.56. The maximum atomic E-state index is 13.3. The van der Waals surface area contributed by atoms with Crippen molar-refractivity contribution in [2.45, 2.75) is 24.6 Å². The highest BCUT2D eigenvalue weighted by Crippen LogP contribution is 2.40. The van der Waals surface area contributed by atoms with E-state index < -0.39 is 23.2 Å². The van der Waals surface area contributed by atoms with Crippen molar-refractivity contribution < 1.29 is 22.7 Å². The lowest BCUT2D eigenvalue weighted by atomic mass is 9.89. The minimum Gasteiger partial charge on any atom is -0.384 e. The summed E-state index contributed by atoms with van der Waals surface area (Å²) in [5.74, 6) is -1.33. The van der Waals surface area contributed by atoms with Crippen LogP contribution in [0.15, 0.2) is 42.5 Å². The Kier molecular flexibility index (Phi) is 3.06. The fourth-order valence-electron chi connectivity index (χ4n) is 2.83. The van der Waals surface area contributed by atoms with Crippen molar-refractivity contribution in [3.8, 4) is 0 Å². The Bertz CT molecular complexity index is 666. The monoisotopic (exact) mass is 296 g/mol. The summed E-state index contributed by atoms with van der Waals surface area (Å²) in [7, 11) is 0. The second-order valence-corrected chi connectivity index (χ2v) is 5.35. The van der Waals surface area contributed by atoms with E-state index in [1.165, 1.54) is 6.07 Å². The molecule has 2 aromatic carbocycles. The van der Waals surface area contributed by atoms with Crippen LogP contribution in [0.5, 0.6) is 0 Å². The highest BCUT2D eigenvalue weighted by atomic mass is 19.4. The van der Waals surface area contributed by atoms with Crippen molar-refractivity contribution in [3.05, 3.63) is 70.5 Å². The number of rotatable bonds is 1. The van der Waals surface area contributed by atoms with Crippen LogP contribution in [0.1, 0.15) is 22.3 Å². The SMILES string of the molecule is OC1(c2ccc(F)c(C(F)(F)F)c2)Cc2ccccc2C1. The molecule has 0 spiro atoms. The van der Waals surface area contributed by atoms with Crippen LogP contribution in [0, 0.1) is 5.82 Å². The normalized spacial score (nSPS) is 16.8. The molecule has 110 valence electrons. The van der Waals surface area contributed by atoms with E-state index in [2.05, 4.69) is 0 Å².